The first-order chi connectivity index (χ1) is 6.27. The number of carbonyl (C=O) groups is 1. The van der Waals surface area contributed by atoms with Crippen molar-refractivity contribution in [1.82, 2.24) is 0 Å². The van der Waals surface area contributed by atoms with Crippen LogP contribution < -0.4 is 0 Å². The van der Waals surface area contributed by atoms with Gasteiger partial charge < -0.3 is 4.74 Å². The highest BCUT2D eigenvalue weighted by atomic mass is 127. The standard InChI is InChI=1S/C10H9IO2/c11-9-4-2-1-3-8(9)10(12)13-7-5-6-7/h1-4,7H,5-6H2. The fourth-order valence-corrected chi connectivity index (χ4v) is 1.64. The second kappa shape index (κ2) is 3.65. The average Bonchev–Trinajstić information content (AvgIpc) is 2.89. The van der Waals surface area contributed by atoms with Gasteiger partial charge in [0.15, 0.2) is 0 Å². The third-order valence-corrected chi connectivity index (χ3v) is 2.83. The van der Waals surface area contributed by atoms with Gasteiger partial charge in [0.1, 0.15) is 6.10 Å². The van der Waals surface area contributed by atoms with Gasteiger partial charge in [-0.05, 0) is 47.6 Å². The lowest BCUT2D eigenvalue weighted by molar-refractivity contribution is 0.0471. The van der Waals surface area contributed by atoms with Crippen molar-refractivity contribution in [1.29, 1.82) is 0 Å². The van der Waals surface area contributed by atoms with E-state index in [4.69, 9.17) is 4.74 Å². The van der Waals surface area contributed by atoms with Crippen LogP contribution in [0.4, 0.5) is 0 Å². The van der Waals surface area contributed by atoms with Gasteiger partial charge in [0, 0.05) is 3.57 Å². The summed E-state index contributed by atoms with van der Waals surface area (Å²) in [6.45, 7) is 0. The molecule has 0 saturated heterocycles. The monoisotopic (exact) mass is 288 g/mol. The molecule has 0 spiro atoms. The minimum absolute atomic E-state index is 0.184. The maximum atomic E-state index is 11.5. The number of esters is 1. The fraction of sp³-hybridized carbons (Fsp3) is 0.300. The number of carbonyl (C=O) groups excluding carboxylic acids is 1. The predicted molar refractivity (Wildman–Crippen MR) is 57.6 cm³/mol. The Morgan fingerprint density at radius 1 is 1.38 bits per heavy atom. The smallest absolute Gasteiger partial charge is 0.339 e. The van der Waals surface area contributed by atoms with E-state index in [1.165, 1.54) is 0 Å². The molecule has 0 aromatic heterocycles. The Morgan fingerprint density at radius 2 is 2.08 bits per heavy atom. The first-order valence-electron chi connectivity index (χ1n) is 4.23. The van der Waals surface area contributed by atoms with E-state index in [1.807, 2.05) is 18.2 Å². The van der Waals surface area contributed by atoms with Gasteiger partial charge in [-0.2, -0.15) is 0 Å². The van der Waals surface area contributed by atoms with Crippen molar-refractivity contribution in [3.05, 3.63) is 33.4 Å². The summed E-state index contributed by atoms with van der Waals surface area (Å²) >= 11 is 2.14. The van der Waals surface area contributed by atoms with Gasteiger partial charge in [0.05, 0.1) is 5.56 Å². The van der Waals surface area contributed by atoms with Crippen LogP contribution in [0, 0.1) is 3.57 Å². The molecule has 1 aromatic carbocycles. The minimum Gasteiger partial charge on any atom is -0.459 e. The van der Waals surface area contributed by atoms with Crippen LogP contribution in [-0.4, -0.2) is 12.1 Å². The van der Waals surface area contributed by atoms with Crippen molar-refractivity contribution in [2.75, 3.05) is 0 Å². The highest BCUT2D eigenvalue weighted by Gasteiger charge is 2.26. The number of rotatable bonds is 2. The quantitative estimate of drug-likeness (QED) is 0.617. The van der Waals surface area contributed by atoms with Crippen molar-refractivity contribution in [3.63, 3.8) is 0 Å². The highest BCUT2D eigenvalue weighted by Crippen LogP contribution is 2.25. The lowest BCUT2D eigenvalue weighted by Crippen LogP contribution is -2.08. The molecule has 0 aliphatic heterocycles. The van der Waals surface area contributed by atoms with E-state index in [2.05, 4.69) is 22.6 Å². The van der Waals surface area contributed by atoms with E-state index in [0.717, 1.165) is 16.4 Å². The SMILES string of the molecule is O=C(OC1CC1)c1ccccc1I. The summed E-state index contributed by atoms with van der Waals surface area (Å²) in [5.41, 5.74) is 0.676. The van der Waals surface area contributed by atoms with Gasteiger partial charge in [-0.15, -0.1) is 0 Å². The molecule has 1 saturated carbocycles. The second-order valence-electron chi connectivity index (χ2n) is 3.08. The molecule has 0 heterocycles. The summed E-state index contributed by atoms with van der Waals surface area (Å²) in [5, 5.41) is 0. The topological polar surface area (TPSA) is 26.3 Å². The van der Waals surface area contributed by atoms with Crippen LogP contribution >= 0.6 is 22.6 Å². The van der Waals surface area contributed by atoms with Crippen LogP contribution in [0.25, 0.3) is 0 Å². The molecule has 0 radical (unpaired) electrons. The van der Waals surface area contributed by atoms with Crippen molar-refractivity contribution < 1.29 is 9.53 Å². The molecule has 0 bridgehead atoms. The van der Waals surface area contributed by atoms with Crippen molar-refractivity contribution >= 4 is 28.6 Å². The normalized spacial score (nSPS) is 15.5. The van der Waals surface area contributed by atoms with E-state index < -0.39 is 0 Å². The maximum absolute atomic E-state index is 11.5. The number of ether oxygens (including phenoxy) is 1. The van der Waals surface area contributed by atoms with Gasteiger partial charge in [-0.1, -0.05) is 12.1 Å². The lowest BCUT2D eigenvalue weighted by Gasteiger charge is -2.03. The zero-order valence-electron chi connectivity index (χ0n) is 7.00. The van der Waals surface area contributed by atoms with Crippen LogP contribution in [0.3, 0.4) is 0 Å². The molecule has 2 nitrogen and oxygen atoms in total. The molecule has 0 unspecified atom stereocenters. The van der Waals surface area contributed by atoms with Crippen LogP contribution in [0.15, 0.2) is 24.3 Å². The molecule has 0 N–H and O–H groups in total. The molecular weight excluding hydrogens is 279 g/mol. The van der Waals surface area contributed by atoms with Gasteiger partial charge in [0.25, 0.3) is 0 Å². The molecular formula is C10H9IO2. The summed E-state index contributed by atoms with van der Waals surface area (Å²) in [4.78, 5) is 11.5. The van der Waals surface area contributed by atoms with Gasteiger partial charge >= 0.3 is 5.97 Å². The zero-order chi connectivity index (χ0) is 9.26. The molecule has 68 valence electrons. The minimum atomic E-state index is -0.187. The Balaban J connectivity index is 2.13. The van der Waals surface area contributed by atoms with Gasteiger partial charge in [-0.3, -0.25) is 0 Å². The molecule has 1 fully saturated rings. The Labute approximate surface area is 90.4 Å². The van der Waals surface area contributed by atoms with E-state index in [1.54, 1.807) is 6.07 Å². The van der Waals surface area contributed by atoms with E-state index in [9.17, 15) is 4.79 Å². The number of hydrogen-bond donors (Lipinski definition) is 0. The first-order valence-corrected chi connectivity index (χ1v) is 5.31. The summed E-state index contributed by atoms with van der Waals surface area (Å²) in [7, 11) is 0. The number of halogens is 1. The van der Waals surface area contributed by atoms with Crippen LogP contribution in [-0.2, 0) is 4.74 Å². The molecule has 1 aliphatic carbocycles. The summed E-state index contributed by atoms with van der Waals surface area (Å²) in [6.07, 6.45) is 2.23. The molecule has 0 atom stereocenters. The van der Waals surface area contributed by atoms with Crippen molar-refractivity contribution in [2.45, 2.75) is 18.9 Å². The Bertz CT molecular complexity index is 331. The van der Waals surface area contributed by atoms with Crippen LogP contribution in [0.5, 0.6) is 0 Å². The van der Waals surface area contributed by atoms with Crippen molar-refractivity contribution in [2.24, 2.45) is 0 Å². The number of hydrogen-bond acceptors (Lipinski definition) is 2. The fourth-order valence-electron chi connectivity index (χ4n) is 1.03. The summed E-state index contributed by atoms with van der Waals surface area (Å²) < 4.78 is 6.13. The molecule has 1 aliphatic rings. The number of benzene rings is 1. The zero-order valence-corrected chi connectivity index (χ0v) is 9.15. The van der Waals surface area contributed by atoms with E-state index >= 15 is 0 Å². The van der Waals surface area contributed by atoms with Gasteiger partial charge in [0.2, 0.25) is 0 Å². The second-order valence-corrected chi connectivity index (χ2v) is 4.25. The Kier molecular flexibility index (Phi) is 2.53. The molecule has 13 heavy (non-hydrogen) atoms. The Morgan fingerprint density at radius 3 is 2.69 bits per heavy atom. The molecule has 2 rings (SSSR count). The van der Waals surface area contributed by atoms with E-state index in [-0.39, 0.29) is 12.1 Å². The molecule has 1 aromatic rings. The molecule has 0 amide bonds. The predicted octanol–water partition coefficient (Wildman–Crippen LogP) is 2.61. The van der Waals surface area contributed by atoms with E-state index in [0.29, 0.717) is 5.56 Å². The lowest BCUT2D eigenvalue weighted by atomic mass is 10.2. The van der Waals surface area contributed by atoms with Crippen LogP contribution in [0.2, 0.25) is 0 Å². The average molecular weight is 288 g/mol. The highest BCUT2D eigenvalue weighted by molar-refractivity contribution is 14.1. The van der Waals surface area contributed by atoms with Crippen LogP contribution in [0.1, 0.15) is 23.2 Å². The first kappa shape index (κ1) is 8.99. The Hall–Kier alpha value is -0.580. The third kappa shape index (κ3) is 2.21. The third-order valence-electron chi connectivity index (χ3n) is 1.89. The molecule has 3 heteroatoms. The van der Waals surface area contributed by atoms with Crippen molar-refractivity contribution in [3.8, 4) is 0 Å². The maximum Gasteiger partial charge on any atom is 0.339 e. The summed E-state index contributed by atoms with van der Waals surface area (Å²) in [6, 6.07) is 7.47. The largest absolute Gasteiger partial charge is 0.459 e. The summed E-state index contributed by atoms with van der Waals surface area (Å²) in [5.74, 6) is -0.187. The van der Waals surface area contributed by atoms with Gasteiger partial charge in [-0.25, -0.2) is 4.79 Å².